The molecule has 1 saturated heterocycles. The van der Waals surface area contributed by atoms with Crippen molar-refractivity contribution in [3.8, 4) is 11.5 Å². The van der Waals surface area contributed by atoms with E-state index in [1.54, 1.807) is 36.7 Å². The first kappa shape index (κ1) is 25.5. The van der Waals surface area contributed by atoms with Gasteiger partial charge in [0.2, 0.25) is 5.13 Å². The van der Waals surface area contributed by atoms with Crippen LogP contribution in [0, 0.1) is 0 Å². The number of amides is 1. The summed E-state index contributed by atoms with van der Waals surface area (Å²) in [6, 6.07) is 12.6. The number of aromatic nitrogens is 4. The zero-order valence-corrected chi connectivity index (χ0v) is 22.3. The van der Waals surface area contributed by atoms with Gasteiger partial charge in [-0.3, -0.25) is 0 Å². The highest BCUT2D eigenvalue weighted by Crippen LogP contribution is 2.42. The van der Waals surface area contributed by atoms with Crippen molar-refractivity contribution >= 4 is 63.5 Å². The summed E-state index contributed by atoms with van der Waals surface area (Å²) in [6.45, 7) is 0.953. The van der Waals surface area contributed by atoms with Crippen molar-refractivity contribution in [2.24, 2.45) is 0 Å². The van der Waals surface area contributed by atoms with Gasteiger partial charge in [-0.2, -0.15) is 4.37 Å². The number of halogens is 2. The quantitative estimate of drug-likeness (QED) is 0.237. The van der Waals surface area contributed by atoms with Gasteiger partial charge in [-0.15, -0.1) is 0 Å². The fourth-order valence-corrected chi connectivity index (χ4v) is 5.67. The zero-order chi connectivity index (χ0) is 25.8. The number of carbonyl (C=O) groups is 1. The molecule has 3 aromatic heterocycles. The molecule has 0 radical (unpaired) electrons. The first-order valence-corrected chi connectivity index (χ1v) is 13.6. The van der Waals surface area contributed by atoms with Gasteiger partial charge < -0.3 is 20.1 Å². The Morgan fingerprint density at radius 2 is 1.92 bits per heavy atom. The number of nitrogens with zero attached hydrogens (tertiary/aromatic N) is 5. The molecule has 190 valence electrons. The van der Waals surface area contributed by atoms with Crippen molar-refractivity contribution in [3.05, 3.63) is 70.7 Å². The third kappa shape index (κ3) is 6.24. The van der Waals surface area contributed by atoms with Crippen molar-refractivity contribution in [2.75, 3.05) is 18.4 Å². The number of rotatable bonds is 7. The Labute approximate surface area is 231 Å². The maximum atomic E-state index is 11.2. The summed E-state index contributed by atoms with van der Waals surface area (Å²) in [7, 11) is 0. The number of pyridine rings is 2. The van der Waals surface area contributed by atoms with E-state index in [9.17, 15) is 4.79 Å². The van der Waals surface area contributed by atoms with Crippen LogP contribution in [0.25, 0.3) is 0 Å². The Morgan fingerprint density at radius 3 is 2.62 bits per heavy atom. The Kier molecular flexibility index (Phi) is 7.94. The summed E-state index contributed by atoms with van der Waals surface area (Å²) >= 11 is 15.3. The minimum Gasteiger partial charge on any atom is -0.465 e. The lowest BCUT2D eigenvalue weighted by molar-refractivity contribution is 0.131. The van der Waals surface area contributed by atoms with Gasteiger partial charge in [-0.1, -0.05) is 47.1 Å². The van der Waals surface area contributed by atoms with Crippen molar-refractivity contribution in [1.29, 1.82) is 0 Å². The molecule has 0 saturated carbocycles. The molecule has 1 aliphatic heterocycles. The highest BCUT2D eigenvalue weighted by molar-refractivity contribution is 7.99. The zero-order valence-electron chi connectivity index (χ0n) is 19.2. The summed E-state index contributed by atoms with van der Waals surface area (Å²) in [4.78, 5) is 26.8. The number of anilines is 2. The molecule has 4 aromatic rings. The average Bonchev–Trinajstić information content (AvgIpc) is 3.37. The van der Waals surface area contributed by atoms with E-state index in [0.29, 0.717) is 64.2 Å². The summed E-state index contributed by atoms with van der Waals surface area (Å²) in [5.74, 6) is 2.17. The maximum absolute atomic E-state index is 11.2. The fourth-order valence-electron chi connectivity index (χ4n) is 3.75. The summed E-state index contributed by atoms with van der Waals surface area (Å²) in [5.41, 5.74) is 0. The molecule has 4 heterocycles. The second-order valence-corrected chi connectivity index (χ2v) is 10.7. The predicted octanol–water partition coefficient (Wildman–Crippen LogP) is 7.18. The van der Waals surface area contributed by atoms with Crippen LogP contribution in [0.15, 0.2) is 64.8 Å². The molecule has 0 bridgehead atoms. The topological polar surface area (TPSA) is 113 Å². The minimum atomic E-state index is -0.890. The van der Waals surface area contributed by atoms with Crippen molar-refractivity contribution < 1.29 is 14.6 Å². The van der Waals surface area contributed by atoms with Crippen LogP contribution in [0.5, 0.6) is 11.5 Å². The Morgan fingerprint density at radius 1 is 1.14 bits per heavy atom. The molecular weight excluding hydrogens is 555 g/mol. The number of carboxylic acid groups (broad SMARTS) is 1. The van der Waals surface area contributed by atoms with Crippen LogP contribution in [0.1, 0.15) is 24.6 Å². The lowest BCUT2D eigenvalue weighted by atomic mass is 9.96. The van der Waals surface area contributed by atoms with Crippen LogP contribution in [-0.2, 0) is 0 Å². The Bertz CT molecular complexity index is 1380. The van der Waals surface area contributed by atoms with Crippen LogP contribution < -0.4 is 10.1 Å². The first-order chi connectivity index (χ1) is 18.0. The monoisotopic (exact) mass is 574 g/mol. The number of nitrogens with one attached hydrogen (secondary N) is 1. The van der Waals surface area contributed by atoms with Crippen LogP contribution in [0.3, 0.4) is 0 Å². The molecule has 1 fully saturated rings. The number of likely N-dealkylation sites (tertiary alicyclic amines) is 1. The first-order valence-electron chi connectivity index (χ1n) is 11.3. The number of para-hydroxylation sites is 1. The molecule has 0 aliphatic carbocycles. The predicted molar refractivity (Wildman–Crippen MR) is 144 cm³/mol. The van der Waals surface area contributed by atoms with Crippen molar-refractivity contribution in [3.63, 3.8) is 0 Å². The number of hydrogen-bond acceptors (Lipinski definition) is 9. The molecule has 1 aromatic carbocycles. The summed E-state index contributed by atoms with van der Waals surface area (Å²) in [6.07, 6.45) is 3.90. The second-order valence-electron chi connectivity index (χ2n) is 8.07. The smallest absolute Gasteiger partial charge is 0.407 e. The molecule has 0 spiro atoms. The third-order valence-corrected chi connectivity index (χ3v) is 7.84. The van der Waals surface area contributed by atoms with E-state index in [0.717, 1.165) is 9.92 Å². The van der Waals surface area contributed by atoms with Gasteiger partial charge in [-0.05, 0) is 37.1 Å². The van der Waals surface area contributed by atoms with Gasteiger partial charge >= 0.3 is 6.09 Å². The van der Waals surface area contributed by atoms with E-state index >= 15 is 0 Å². The van der Waals surface area contributed by atoms with Gasteiger partial charge in [-0.25, -0.2) is 19.7 Å². The molecule has 37 heavy (non-hydrogen) atoms. The average molecular weight is 576 g/mol. The molecule has 13 heteroatoms. The Hall–Kier alpha value is -3.12. The normalized spacial score (nSPS) is 13.9. The standard InChI is InChI=1S/C24H20Cl2N6O3S2/c25-15-4-3-5-16(26)21(15)35-17-12-19(28-13-18(17)36-20-6-1-2-9-27-20)29-23-30-22(31-37-23)14-7-10-32(11-8-14)24(33)34/h1-6,9,12-14H,7-8,10-11H2,(H,33,34)(H,28,29,30,31). The number of benzene rings is 1. The maximum Gasteiger partial charge on any atom is 0.407 e. The second kappa shape index (κ2) is 11.5. The SMILES string of the molecule is O=C(O)N1CCC(c2nsc(Nc3cc(Oc4c(Cl)cccc4Cl)c(Sc4ccccn4)cn3)n2)CC1. The van der Waals surface area contributed by atoms with Crippen molar-refractivity contribution in [2.45, 2.75) is 28.7 Å². The van der Waals surface area contributed by atoms with E-state index in [-0.39, 0.29) is 5.92 Å². The van der Waals surface area contributed by atoms with E-state index in [2.05, 4.69) is 24.6 Å². The lowest BCUT2D eigenvalue weighted by Crippen LogP contribution is -2.37. The largest absolute Gasteiger partial charge is 0.465 e. The Balaban J connectivity index is 1.37. The van der Waals surface area contributed by atoms with Gasteiger partial charge in [0.05, 0.1) is 14.9 Å². The van der Waals surface area contributed by atoms with Crippen LogP contribution in [0.2, 0.25) is 10.0 Å². The van der Waals surface area contributed by atoms with Gasteiger partial charge in [0.25, 0.3) is 0 Å². The number of hydrogen-bond donors (Lipinski definition) is 2. The van der Waals surface area contributed by atoms with Crippen LogP contribution >= 0.6 is 46.5 Å². The lowest BCUT2D eigenvalue weighted by Gasteiger charge is -2.28. The van der Waals surface area contributed by atoms with Gasteiger partial charge in [0.1, 0.15) is 22.4 Å². The van der Waals surface area contributed by atoms with E-state index in [4.69, 9.17) is 33.0 Å². The summed E-state index contributed by atoms with van der Waals surface area (Å²) in [5, 5.41) is 14.5. The minimum absolute atomic E-state index is 0.119. The van der Waals surface area contributed by atoms with E-state index in [1.807, 2.05) is 18.2 Å². The molecule has 0 atom stereocenters. The molecule has 1 amide bonds. The van der Waals surface area contributed by atoms with Crippen LogP contribution in [-0.4, -0.2) is 48.5 Å². The third-order valence-electron chi connectivity index (χ3n) is 5.62. The molecule has 1 aliphatic rings. The highest BCUT2D eigenvalue weighted by Gasteiger charge is 2.26. The van der Waals surface area contributed by atoms with E-state index in [1.165, 1.54) is 28.2 Å². The van der Waals surface area contributed by atoms with Crippen LogP contribution in [0.4, 0.5) is 15.7 Å². The van der Waals surface area contributed by atoms with Gasteiger partial charge in [0, 0.05) is 49.0 Å². The summed E-state index contributed by atoms with van der Waals surface area (Å²) < 4.78 is 10.7. The van der Waals surface area contributed by atoms with Crippen molar-refractivity contribution in [1.82, 2.24) is 24.2 Å². The highest BCUT2D eigenvalue weighted by atomic mass is 35.5. The van der Waals surface area contributed by atoms with Gasteiger partial charge in [0.15, 0.2) is 5.75 Å². The molecule has 0 unspecified atom stereocenters. The fraction of sp³-hybridized carbons (Fsp3) is 0.208. The number of piperidine rings is 1. The van der Waals surface area contributed by atoms with E-state index < -0.39 is 6.09 Å². The molecule has 9 nitrogen and oxygen atoms in total. The number of ether oxygens (including phenoxy) is 1. The molecular formula is C24H20Cl2N6O3S2. The molecule has 5 rings (SSSR count). The molecule has 2 N–H and O–H groups in total.